The van der Waals surface area contributed by atoms with Crippen LogP contribution in [-0.2, 0) is 5.75 Å². The van der Waals surface area contributed by atoms with Crippen LogP contribution in [-0.4, -0.2) is 0 Å². The van der Waals surface area contributed by atoms with Crippen LogP contribution in [0.3, 0.4) is 0 Å². The van der Waals surface area contributed by atoms with Crippen LogP contribution in [0.4, 0.5) is 5.69 Å². The Labute approximate surface area is 122 Å². The first-order valence-corrected chi connectivity index (χ1v) is 7.64. The summed E-state index contributed by atoms with van der Waals surface area (Å²) in [6, 6.07) is 14.3. The highest BCUT2D eigenvalue weighted by Crippen LogP contribution is 2.27. The van der Waals surface area contributed by atoms with Crippen molar-refractivity contribution in [3.8, 4) is 0 Å². The third kappa shape index (κ3) is 4.05. The molecule has 0 saturated carbocycles. The van der Waals surface area contributed by atoms with Crippen LogP contribution in [0.25, 0.3) is 0 Å². The van der Waals surface area contributed by atoms with E-state index in [1.165, 1.54) is 10.5 Å². The maximum Gasteiger partial charge on any atom is 0.0314 e. The van der Waals surface area contributed by atoms with E-state index in [0.29, 0.717) is 0 Å². The molecule has 2 rings (SSSR count). The quantitative estimate of drug-likeness (QED) is 0.600. The molecule has 0 amide bonds. The van der Waals surface area contributed by atoms with Crippen molar-refractivity contribution in [3.05, 3.63) is 57.0 Å². The van der Waals surface area contributed by atoms with Gasteiger partial charge >= 0.3 is 0 Å². The van der Waals surface area contributed by atoms with Gasteiger partial charge in [-0.2, -0.15) is 0 Å². The average molecular weight is 373 g/mol. The Morgan fingerprint density at radius 2 is 1.53 bits per heavy atom. The molecule has 2 aromatic rings. The number of rotatable bonds is 3. The number of nitrogens with two attached hydrogens (primary N) is 1. The van der Waals surface area contributed by atoms with Crippen LogP contribution >= 0.6 is 43.6 Å². The fraction of sp³-hybridized carbons (Fsp3) is 0.0769. The molecule has 0 aliphatic heterocycles. The van der Waals surface area contributed by atoms with Crippen molar-refractivity contribution < 1.29 is 0 Å². The molecule has 0 aliphatic carbocycles. The zero-order valence-corrected chi connectivity index (χ0v) is 13.0. The van der Waals surface area contributed by atoms with E-state index >= 15 is 0 Å². The number of hydrogen-bond acceptors (Lipinski definition) is 2. The second-order valence-corrected chi connectivity index (χ2v) is 6.52. The van der Waals surface area contributed by atoms with Crippen LogP contribution < -0.4 is 5.73 Å². The lowest BCUT2D eigenvalue weighted by molar-refractivity contribution is 1.36. The third-order valence-corrected chi connectivity index (χ3v) is 4.21. The van der Waals surface area contributed by atoms with Gasteiger partial charge < -0.3 is 5.73 Å². The van der Waals surface area contributed by atoms with Crippen molar-refractivity contribution in [1.82, 2.24) is 0 Å². The Hall–Kier alpha value is -0.450. The predicted octanol–water partition coefficient (Wildman–Crippen LogP) is 5.09. The van der Waals surface area contributed by atoms with Gasteiger partial charge in [-0.15, -0.1) is 11.8 Å². The van der Waals surface area contributed by atoms with Crippen LogP contribution in [0.5, 0.6) is 0 Å². The van der Waals surface area contributed by atoms with Gasteiger partial charge in [-0.3, -0.25) is 0 Å². The number of thioether (sulfide) groups is 1. The van der Waals surface area contributed by atoms with E-state index in [0.717, 1.165) is 20.4 Å². The summed E-state index contributed by atoms with van der Waals surface area (Å²) in [4.78, 5) is 1.23. The van der Waals surface area contributed by atoms with Gasteiger partial charge in [-0.25, -0.2) is 0 Å². The lowest BCUT2D eigenvalue weighted by atomic mass is 10.2. The Balaban J connectivity index is 2.04. The van der Waals surface area contributed by atoms with Crippen molar-refractivity contribution in [2.75, 3.05) is 5.73 Å². The van der Waals surface area contributed by atoms with Crippen LogP contribution in [0, 0.1) is 0 Å². The van der Waals surface area contributed by atoms with E-state index in [2.05, 4.69) is 44.0 Å². The molecule has 0 spiro atoms. The Kier molecular flexibility index (Phi) is 4.54. The van der Waals surface area contributed by atoms with Crippen LogP contribution in [0.1, 0.15) is 5.56 Å². The van der Waals surface area contributed by atoms with Gasteiger partial charge in [0.25, 0.3) is 0 Å². The SMILES string of the molecule is Nc1ccc(SCc2cc(Br)cc(Br)c2)cc1. The van der Waals surface area contributed by atoms with E-state index in [9.17, 15) is 0 Å². The normalized spacial score (nSPS) is 10.5. The summed E-state index contributed by atoms with van der Waals surface area (Å²) in [6.07, 6.45) is 0. The summed E-state index contributed by atoms with van der Waals surface area (Å²) in [6.45, 7) is 0. The second kappa shape index (κ2) is 5.94. The molecule has 0 bridgehead atoms. The van der Waals surface area contributed by atoms with Crippen molar-refractivity contribution in [2.45, 2.75) is 10.6 Å². The lowest BCUT2D eigenvalue weighted by Gasteiger charge is -2.04. The number of halogens is 2. The highest BCUT2D eigenvalue weighted by atomic mass is 79.9. The maximum atomic E-state index is 5.65. The van der Waals surface area contributed by atoms with Gasteiger partial charge in [-0.05, 0) is 48.0 Å². The highest BCUT2D eigenvalue weighted by Gasteiger charge is 1.99. The van der Waals surface area contributed by atoms with Crippen molar-refractivity contribution in [1.29, 1.82) is 0 Å². The summed E-state index contributed by atoms with van der Waals surface area (Å²) in [7, 11) is 0. The summed E-state index contributed by atoms with van der Waals surface area (Å²) >= 11 is 8.79. The van der Waals surface area contributed by atoms with Gasteiger partial charge in [-0.1, -0.05) is 31.9 Å². The topological polar surface area (TPSA) is 26.0 Å². The van der Waals surface area contributed by atoms with Crippen molar-refractivity contribution >= 4 is 49.3 Å². The first-order valence-electron chi connectivity index (χ1n) is 5.07. The molecule has 2 N–H and O–H groups in total. The molecular formula is C13H11Br2NS. The lowest BCUT2D eigenvalue weighted by Crippen LogP contribution is -1.84. The largest absolute Gasteiger partial charge is 0.399 e. The van der Waals surface area contributed by atoms with Gasteiger partial charge in [0.05, 0.1) is 0 Å². The van der Waals surface area contributed by atoms with Gasteiger partial charge in [0.15, 0.2) is 0 Å². The van der Waals surface area contributed by atoms with Crippen LogP contribution in [0.15, 0.2) is 56.3 Å². The first-order chi connectivity index (χ1) is 8.13. The number of benzene rings is 2. The highest BCUT2D eigenvalue weighted by molar-refractivity contribution is 9.11. The second-order valence-electron chi connectivity index (χ2n) is 3.64. The average Bonchev–Trinajstić information content (AvgIpc) is 2.27. The van der Waals surface area contributed by atoms with E-state index in [1.54, 1.807) is 11.8 Å². The van der Waals surface area contributed by atoms with E-state index in [4.69, 9.17) is 5.73 Å². The maximum absolute atomic E-state index is 5.65. The molecule has 0 aromatic heterocycles. The monoisotopic (exact) mass is 371 g/mol. The Bertz CT molecular complexity index is 491. The molecule has 0 saturated heterocycles. The minimum atomic E-state index is 0.805. The predicted molar refractivity (Wildman–Crippen MR) is 82.3 cm³/mol. The molecule has 4 heteroatoms. The van der Waals surface area contributed by atoms with Gasteiger partial charge in [0.2, 0.25) is 0 Å². The minimum absolute atomic E-state index is 0.805. The summed E-state index contributed by atoms with van der Waals surface area (Å²) in [5.74, 6) is 0.946. The summed E-state index contributed by atoms with van der Waals surface area (Å²) < 4.78 is 2.19. The molecule has 1 nitrogen and oxygen atoms in total. The smallest absolute Gasteiger partial charge is 0.0314 e. The molecule has 0 aliphatic rings. The molecule has 0 atom stereocenters. The first kappa shape index (κ1) is 13.0. The molecule has 88 valence electrons. The minimum Gasteiger partial charge on any atom is -0.399 e. The fourth-order valence-corrected chi connectivity index (χ4v) is 3.64. The van der Waals surface area contributed by atoms with Gasteiger partial charge in [0, 0.05) is 25.3 Å². The molecule has 0 heterocycles. The number of hydrogen-bond donors (Lipinski definition) is 1. The molecule has 17 heavy (non-hydrogen) atoms. The molecule has 2 aromatic carbocycles. The Morgan fingerprint density at radius 3 is 2.12 bits per heavy atom. The Morgan fingerprint density at radius 1 is 0.941 bits per heavy atom. The number of nitrogen functional groups attached to an aromatic ring is 1. The summed E-state index contributed by atoms with van der Waals surface area (Å²) in [5.41, 5.74) is 7.74. The fourth-order valence-electron chi connectivity index (χ4n) is 1.43. The zero-order valence-electron chi connectivity index (χ0n) is 8.99. The summed E-state index contributed by atoms with van der Waals surface area (Å²) in [5, 5.41) is 0. The standard InChI is InChI=1S/C13H11Br2NS/c14-10-5-9(6-11(15)7-10)8-17-13-3-1-12(16)2-4-13/h1-7H,8,16H2. The van der Waals surface area contributed by atoms with Crippen molar-refractivity contribution in [3.63, 3.8) is 0 Å². The number of anilines is 1. The third-order valence-electron chi connectivity index (χ3n) is 2.21. The molecule has 0 unspecified atom stereocenters. The van der Waals surface area contributed by atoms with Crippen LogP contribution in [0.2, 0.25) is 0 Å². The molecule has 0 radical (unpaired) electrons. The van der Waals surface area contributed by atoms with Crippen molar-refractivity contribution in [2.24, 2.45) is 0 Å². The zero-order chi connectivity index (χ0) is 12.3. The van der Waals surface area contributed by atoms with E-state index in [1.807, 2.05) is 30.3 Å². The van der Waals surface area contributed by atoms with Gasteiger partial charge in [0.1, 0.15) is 0 Å². The molecular weight excluding hydrogens is 362 g/mol. The molecule has 0 fully saturated rings. The van der Waals surface area contributed by atoms with E-state index < -0.39 is 0 Å². The van der Waals surface area contributed by atoms with E-state index in [-0.39, 0.29) is 0 Å².